The van der Waals surface area contributed by atoms with E-state index in [2.05, 4.69) is 16.3 Å². The fraction of sp³-hybridized carbons (Fsp3) is 0.682. The smallest absolute Gasteiger partial charge is 0.169 e. The van der Waals surface area contributed by atoms with Gasteiger partial charge in [0.05, 0.1) is 20.3 Å². The van der Waals surface area contributed by atoms with E-state index in [1.165, 1.54) is 38.5 Å². The van der Waals surface area contributed by atoms with Crippen LogP contribution < -0.4 is 14.8 Å². The fourth-order valence-corrected chi connectivity index (χ4v) is 4.45. The molecule has 0 aromatic heterocycles. The van der Waals surface area contributed by atoms with E-state index in [1.807, 2.05) is 12.1 Å². The Morgan fingerprint density at radius 2 is 1.82 bits per heavy atom. The number of methoxy groups -OCH3 is 2. The summed E-state index contributed by atoms with van der Waals surface area (Å²) in [6, 6.07) is 6.57. The van der Waals surface area contributed by atoms with Crippen LogP contribution in [-0.2, 0) is 11.3 Å². The molecule has 1 aliphatic heterocycles. The van der Waals surface area contributed by atoms with Crippen LogP contribution in [0, 0.1) is 0 Å². The molecule has 156 valence electrons. The predicted molar refractivity (Wildman–Crippen MR) is 116 cm³/mol. The van der Waals surface area contributed by atoms with Gasteiger partial charge in [-0.2, -0.15) is 0 Å². The number of nitrogens with zero attached hydrogens (tertiary/aromatic N) is 1. The van der Waals surface area contributed by atoms with Gasteiger partial charge in [0.1, 0.15) is 0 Å². The van der Waals surface area contributed by atoms with Gasteiger partial charge >= 0.3 is 0 Å². The normalized spacial score (nSPS) is 20.4. The number of thiocarbonyl (C=S) groups is 1. The van der Waals surface area contributed by atoms with Crippen LogP contribution in [0.5, 0.6) is 11.5 Å². The molecule has 0 unspecified atom stereocenters. The first-order valence-corrected chi connectivity index (χ1v) is 11.0. The van der Waals surface area contributed by atoms with Gasteiger partial charge in [-0.3, -0.25) is 0 Å². The van der Waals surface area contributed by atoms with Crippen molar-refractivity contribution in [3.8, 4) is 11.5 Å². The Morgan fingerprint density at radius 1 is 1.07 bits per heavy atom. The van der Waals surface area contributed by atoms with E-state index in [1.54, 1.807) is 14.2 Å². The summed E-state index contributed by atoms with van der Waals surface area (Å²) in [5.74, 6) is 1.50. The molecule has 1 heterocycles. The van der Waals surface area contributed by atoms with E-state index < -0.39 is 0 Å². The zero-order chi connectivity index (χ0) is 19.8. The molecule has 2 fully saturated rings. The lowest BCUT2D eigenvalue weighted by molar-refractivity contribution is 0.0895. The minimum atomic E-state index is 0.258. The molecular weight excluding hydrogens is 372 g/mol. The molecule has 5 nitrogen and oxygen atoms in total. The molecule has 0 bridgehead atoms. The molecule has 1 N–H and O–H groups in total. The molecule has 2 aliphatic rings. The molecule has 1 aliphatic carbocycles. The molecule has 0 spiro atoms. The van der Waals surface area contributed by atoms with Gasteiger partial charge in [0.2, 0.25) is 0 Å². The van der Waals surface area contributed by atoms with E-state index in [0.717, 1.165) is 54.7 Å². The van der Waals surface area contributed by atoms with Crippen molar-refractivity contribution < 1.29 is 14.2 Å². The third-order valence-electron chi connectivity index (χ3n) is 5.74. The van der Waals surface area contributed by atoms with E-state index in [9.17, 15) is 0 Å². The number of rotatable bonds is 7. The predicted octanol–water partition coefficient (Wildman–Crippen LogP) is 4.28. The van der Waals surface area contributed by atoms with Crippen molar-refractivity contribution in [3.05, 3.63) is 23.8 Å². The van der Waals surface area contributed by atoms with E-state index in [-0.39, 0.29) is 6.10 Å². The Balaban J connectivity index is 1.69. The van der Waals surface area contributed by atoms with Crippen LogP contribution in [-0.4, -0.2) is 49.5 Å². The van der Waals surface area contributed by atoms with Crippen LogP contribution in [0.1, 0.15) is 56.9 Å². The summed E-state index contributed by atoms with van der Waals surface area (Å²) in [4.78, 5) is 2.26. The zero-order valence-corrected chi connectivity index (χ0v) is 18.1. The summed E-state index contributed by atoms with van der Waals surface area (Å²) in [5.41, 5.74) is 1.15. The van der Waals surface area contributed by atoms with Crippen molar-refractivity contribution in [1.82, 2.24) is 10.2 Å². The van der Waals surface area contributed by atoms with Gasteiger partial charge in [0, 0.05) is 25.7 Å². The SMILES string of the molecule is COc1ccc(CN(C[C@H]2CCCO2)C(=S)NC2CCCCCC2)cc1OC. The first kappa shape index (κ1) is 21.2. The monoisotopic (exact) mass is 406 g/mol. The van der Waals surface area contributed by atoms with Crippen molar-refractivity contribution in [2.45, 2.75) is 70.1 Å². The molecule has 3 rings (SSSR count). The van der Waals surface area contributed by atoms with E-state index in [0.29, 0.717) is 6.04 Å². The highest BCUT2D eigenvalue weighted by atomic mass is 32.1. The standard InChI is InChI=1S/C22H34N2O3S/c1-25-20-12-11-17(14-21(20)26-2)15-24(16-19-10-7-13-27-19)22(28)23-18-8-5-3-4-6-9-18/h11-12,14,18-19H,3-10,13,15-16H2,1-2H3,(H,23,28)/t19-/m1/s1. The highest BCUT2D eigenvalue weighted by Gasteiger charge is 2.23. The van der Waals surface area contributed by atoms with Crippen LogP contribution >= 0.6 is 12.2 Å². The van der Waals surface area contributed by atoms with Gasteiger partial charge in [-0.05, 0) is 55.6 Å². The molecule has 1 saturated carbocycles. The average Bonchev–Trinajstić information content (AvgIpc) is 3.09. The topological polar surface area (TPSA) is 43.0 Å². The van der Waals surface area contributed by atoms with Gasteiger partial charge in [-0.1, -0.05) is 31.7 Å². The second-order valence-corrected chi connectivity index (χ2v) is 8.23. The second kappa shape index (κ2) is 10.9. The maximum atomic E-state index is 5.89. The number of nitrogens with one attached hydrogen (secondary N) is 1. The lowest BCUT2D eigenvalue weighted by atomic mass is 10.1. The van der Waals surface area contributed by atoms with Gasteiger partial charge < -0.3 is 24.4 Å². The first-order chi connectivity index (χ1) is 13.7. The van der Waals surface area contributed by atoms with E-state index >= 15 is 0 Å². The molecule has 6 heteroatoms. The van der Waals surface area contributed by atoms with Crippen molar-refractivity contribution in [2.75, 3.05) is 27.4 Å². The Labute approximate surface area is 174 Å². The minimum Gasteiger partial charge on any atom is -0.493 e. The highest BCUT2D eigenvalue weighted by Crippen LogP contribution is 2.28. The van der Waals surface area contributed by atoms with Gasteiger partial charge in [-0.25, -0.2) is 0 Å². The molecular formula is C22H34N2O3S. The Kier molecular flexibility index (Phi) is 8.22. The lowest BCUT2D eigenvalue weighted by Gasteiger charge is -2.31. The summed E-state index contributed by atoms with van der Waals surface area (Å²) in [6.07, 6.45) is 10.2. The first-order valence-electron chi connectivity index (χ1n) is 10.6. The van der Waals surface area contributed by atoms with Crippen molar-refractivity contribution in [2.24, 2.45) is 0 Å². The highest BCUT2D eigenvalue weighted by molar-refractivity contribution is 7.80. The van der Waals surface area contributed by atoms with Crippen molar-refractivity contribution in [1.29, 1.82) is 0 Å². The van der Waals surface area contributed by atoms with Crippen molar-refractivity contribution >= 4 is 17.3 Å². The Hall–Kier alpha value is -1.53. The lowest BCUT2D eigenvalue weighted by Crippen LogP contribution is -2.46. The minimum absolute atomic E-state index is 0.258. The fourth-order valence-electron chi connectivity index (χ4n) is 4.14. The van der Waals surface area contributed by atoms with Crippen LogP contribution in [0.2, 0.25) is 0 Å². The van der Waals surface area contributed by atoms with Gasteiger partial charge in [0.25, 0.3) is 0 Å². The Morgan fingerprint density at radius 3 is 2.46 bits per heavy atom. The molecule has 1 aromatic rings. The summed E-state index contributed by atoms with van der Waals surface area (Å²) in [6.45, 7) is 2.42. The third kappa shape index (κ3) is 5.98. The van der Waals surface area contributed by atoms with Gasteiger partial charge in [0.15, 0.2) is 16.6 Å². The van der Waals surface area contributed by atoms with E-state index in [4.69, 9.17) is 26.4 Å². The quantitative estimate of drug-likeness (QED) is 0.538. The number of hydrogen-bond acceptors (Lipinski definition) is 4. The summed E-state index contributed by atoms with van der Waals surface area (Å²) in [5, 5.41) is 4.49. The van der Waals surface area contributed by atoms with Crippen LogP contribution in [0.15, 0.2) is 18.2 Å². The molecule has 1 saturated heterocycles. The maximum absolute atomic E-state index is 5.89. The van der Waals surface area contributed by atoms with Crippen LogP contribution in [0.3, 0.4) is 0 Å². The number of benzene rings is 1. The maximum Gasteiger partial charge on any atom is 0.169 e. The van der Waals surface area contributed by atoms with Crippen LogP contribution in [0.4, 0.5) is 0 Å². The molecule has 0 amide bonds. The summed E-state index contributed by atoms with van der Waals surface area (Å²) < 4.78 is 16.7. The second-order valence-electron chi connectivity index (χ2n) is 7.84. The molecule has 0 radical (unpaired) electrons. The van der Waals surface area contributed by atoms with Crippen molar-refractivity contribution in [3.63, 3.8) is 0 Å². The molecule has 1 atom stereocenters. The third-order valence-corrected chi connectivity index (χ3v) is 6.12. The molecule has 1 aromatic carbocycles. The molecule has 28 heavy (non-hydrogen) atoms. The van der Waals surface area contributed by atoms with Gasteiger partial charge in [-0.15, -0.1) is 0 Å². The zero-order valence-electron chi connectivity index (χ0n) is 17.2. The van der Waals surface area contributed by atoms with Crippen LogP contribution in [0.25, 0.3) is 0 Å². The summed E-state index contributed by atoms with van der Waals surface area (Å²) >= 11 is 5.85. The Bertz CT molecular complexity index is 626. The number of ether oxygens (including phenoxy) is 3. The largest absolute Gasteiger partial charge is 0.493 e. The number of hydrogen-bond donors (Lipinski definition) is 1. The summed E-state index contributed by atoms with van der Waals surface area (Å²) in [7, 11) is 3.33. The average molecular weight is 407 g/mol.